The van der Waals surface area contributed by atoms with Gasteiger partial charge in [-0.2, -0.15) is 0 Å². The molecule has 1 N–H and O–H groups in total. The SMILES string of the molecule is O=C(CCC(=O)N1C[C@@H]2C[C@H](C1)c1cccc(=O)n1C2)NC1CCCCC1. The lowest BCUT2D eigenvalue weighted by Gasteiger charge is -2.42. The van der Waals surface area contributed by atoms with E-state index < -0.39 is 0 Å². The normalized spacial score (nSPS) is 25.0. The zero-order valence-electron chi connectivity index (χ0n) is 15.9. The summed E-state index contributed by atoms with van der Waals surface area (Å²) >= 11 is 0. The molecule has 1 aromatic heterocycles. The lowest BCUT2D eigenvalue weighted by atomic mass is 9.83. The number of piperidine rings is 1. The van der Waals surface area contributed by atoms with Crippen LogP contribution in [0, 0.1) is 5.92 Å². The molecule has 0 radical (unpaired) electrons. The van der Waals surface area contributed by atoms with E-state index in [1.54, 1.807) is 6.07 Å². The fourth-order valence-electron chi connectivity index (χ4n) is 5.03. The molecule has 2 fully saturated rings. The number of nitrogens with zero attached hydrogens (tertiary/aromatic N) is 2. The molecular formula is C21H29N3O3. The van der Waals surface area contributed by atoms with Gasteiger partial charge in [0.2, 0.25) is 11.8 Å². The van der Waals surface area contributed by atoms with Crippen molar-refractivity contribution in [3.8, 4) is 0 Å². The van der Waals surface area contributed by atoms with E-state index in [4.69, 9.17) is 0 Å². The molecule has 1 saturated heterocycles. The van der Waals surface area contributed by atoms with Crippen LogP contribution < -0.4 is 10.9 Å². The largest absolute Gasteiger partial charge is 0.353 e. The number of carbonyl (C=O) groups excluding carboxylic acids is 2. The van der Waals surface area contributed by atoms with Gasteiger partial charge in [-0.15, -0.1) is 0 Å². The number of rotatable bonds is 4. The molecule has 1 aliphatic carbocycles. The van der Waals surface area contributed by atoms with E-state index in [1.807, 2.05) is 21.6 Å². The number of hydrogen-bond donors (Lipinski definition) is 1. The minimum Gasteiger partial charge on any atom is -0.353 e. The highest BCUT2D eigenvalue weighted by Gasteiger charge is 2.36. The van der Waals surface area contributed by atoms with Gasteiger partial charge in [0.1, 0.15) is 0 Å². The van der Waals surface area contributed by atoms with Crippen LogP contribution in [-0.2, 0) is 16.1 Å². The van der Waals surface area contributed by atoms with E-state index in [2.05, 4.69) is 5.32 Å². The molecule has 1 saturated carbocycles. The van der Waals surface area contributed by atoms with Gasteiger partial charge in [-0.05, 0) is 31.2 Å². The van der Waals surface area contributed by atoms with Crippen molar-refractivity contribution >= 4 is 11.8 Å². The van der Waals surface area contributed by atoms with Gasteiger partial charge in [-0.3, -0.25) is 14.4 Å². The Morgan fingerprint density at radius 1 is 1.04 bits per heavy atom. The van der Waals surface area contributed by atoms with E-state index in [-0.39, 0.29) is 36.1 Å². The second-order valence-electron chi connectivity index (χ2n) is 8.40. The lowest BCUT2D eigenvalue weighted by Crippen LogP contribution is -2.49. The Kier molecular flexibility index (Phi) is 5.32. The van der Waals surface area contributed by atoms with Crippen LogP contribution in [0.1, 0.15) is 63.0 Å². The van der Waals surface area contributed by atoms with Gasteiger partial charge in [0, 0.05) is 56.2 Å². The number of aromatic nitrogens is 1. The zero-order valence-corrected chi connectivity index (χ0v) is 15.9. The van der Waals surface area contributed by atoms with Crippen LogP contribution in [0.4, 0.5) is 0 Å². The van der Waals surface area contributed by atoms with Gasteiger partial charge in [0.15, 0.2) is 0 Å². The van der Waals surface area contributed by atoms with Crippen LogP contribution in [0.5, 0.6) is 0 Å². The number of hydrogen-bond acceptors (Lipinski definition) is 3. The molecule has 3 aliphatic rings. The van der Waals surface area contributed by atoms with Gasteiger partial charge in [-0.25, -0.2) is 0 Å². The highest BCUT2D eigenvalue weighted by Crippen LogP contribution is 2.35. The third-order valence-electron chi connectivity index (χ3n) is 6.37. The predicted octanol–water partition coefficient (Wildman–Crippen LogP) is 2.02. The Balaban J connectivity index is 1.31. The second-order valence-corrected chi connectivity index (χ2v) is 8.40. The molecule has 27 heavy (non-hydrogen) atoms. The van der Waals surface area contributed by atoms with Crippen molar-refractivity contribution in [2.75, 3.05) is 13.1 Å². The van der Waals surface area contributed by atoms with Crippen molar-refractivity contribution in [1.29, 1.82) is 0 Å². The third-order valence-corrected chi connectivity index (χ3v) is 6.37. The first-order chi connectivity index (χ1) is 13.1. The molecule has 0 spiro atoms. The summed E-state index contributed by atoms with van der Waals surface area (Å²) in [6.45, 7) is 2.04. The smallest absolute Gasteiger partial charge is 0.250 e. The van der Waals surface area contributed by atoms with E-state index in [0.29, 0.717) is 31.6 Å². The second kappa shape index (κ2) is 7.87. The van der Waals surface area contributed by atoms with Crippen LogP contribution in [0.2, 0.25) is 0 Å². The van der Waals surface area contributed by atoms with Crippen molar-refractivity contribution < 1.29 is 9.59 Å². The maximum absolute atomic E-state index is 12.7. The topological polar surface area (TPSA) is 71.4 Å². The molecule has 2 aliphatic heterocycles. The summed E-state index contributed by atoms with van der Waals surface area (Å²) in [5.41, 5.74) is 1.10. The van der Waals surface area contributed by atoms with Gasteiger partial charge >= 0.3 is 0 Å². The summed E-state index contributed by atoms with van der Waals surface area (Å²) in [4.78, 5) is 38.9. The fraction of sp³-hybridized carbons (Fsp3) is 0.667. The highest BCUT2D eigenvalue weighted by atomic mass is 16.2. The third kappa shape index (κ3) is 4.09. The molecular weight excluding hydrogens is 342 g/mol. The molecule has 0 unspecified atom stereocenters. The molecule has 146 valence electrons. The van der Waals surface area contributed by atoms with Crippen molar-refractivity contribution in [3.05, 3.63) is 34.2 Å². The number of likely N-dealkylation sites (tertiary alicyclic amines) is 1. The molecule has 6 heteroatoms. The quantitative estimate of drug-likeness (QED) is 0.880. The summed E-state index contributed by atoms with van der Waals surface area (Å²) in [6, 6.07) is 5.72. The number of pyridine rings is 1. The van der Waals surface area contributed by atoms with Crippen LogP contribution in [0.3, 0.4) is 0 Å². The molecule has 2 atom stereocenters. The highest BCUT2D eigenvalue weighted by molar-refractivity contribution is 5.84. The Bertz CT molecular complexity index is 766. The molecule has 2 amide bonds. The average Bonchev–Trinajstić information content (AvgIpc) is 2.67. The van der Waals surface area contributed by atoms with E-state index in [1.165, 1.54) is 19.3 Å². The number of nitrogens with one attached hydrogen (secondary N) is 1. The van der Waals surface area contributed by atoms with Gasteiger partial charge in [-0.1, -0.05) is 25.3 Å². The van der Waals surface area contributed by atoms with Crippen LogP contribution in [0.25, 0.3) is 0 Å². The summed E-state index contributed by atoms with van der Waals surface area (Å²) in [7, 11) is 0. The van der Waals surface area contributed by atoms with Crippen molar-refractivity contribution in [2.45, 2.75) is 69.9 Å². The maximum atomic E-state index is 12.7. The Morgan fingerprint density at radius 2 is 1.85 bits per heavy atom. The van der Waals surface area contributed by atoms with Gasteiger partial charge in [0.25, 0.3) is 5.56 Å². The van der Waals surface area contributed by atoms with Gasteiger partial charge in [0.05, 0.1) is 0 Å². The van der Waals surface area contributed by atoms with Crippen molar-refractivity contribution in [2.24, 2.45) is 5.92 Å². The minimum atomic E-state index is 0.00403. The van der Waals surface area contributed by atoms with Crippen molar-refractivity contribution in [3.63, 3.8) is 0 Å². The summed E-state index contributed by atoms with van der Waals surface area (Å²) in [5.74, 6) is 0.627. The summed E-state index contributed by atoms with van der Waals surface area (Å²) in [6.07, 6.45) is 7.35. The average molecular weight is 371 g/mol. The van der Waals surface area contributed by atoms with E-state index in [9.17, 15) is 14.4 Å². The van der Waals surface area contributed by atoms with Crippen LogP contribution in [0.15, 0.2) is 23.0 Å². The van der Waals surface area contributed by atoms with Crippen LogP contribution >= 0.6 is 0 Å². The number of fused-ring (bicyclic) bond motifs is 4. The molecule has 4 rings (SSSR count). The number of amides is 2. The summed E-state index contributed by atoms with van der Waals surface area (Å²) in [5, 5.41) is 3.09. The zero-order chi connectivity index (χ0) is 18.8. The minimum absolute atomic E-state index is 0.00403. The molecule has 3 heterocycles. The lowest BCUT2D eigenvalue weighted by molar-refractivity contribution is -0.136. The predicted molar refractivity (Wildman–Crippen MR) is 102 cm³/mol. The van der Waals surface area contributed by atoms with Gasteiger partial charge < -0.3 is 14.8 Å². The van der Waals surface area contributed by atoms with E-state index >= 15 is 0 Å². The maximum Gasteiger partial charge on any atom is 0.250 e. The Labute approximate surface area is 159 Å². The first kappa shape index (κ1) is 18.3. The Hall–Kier alpha value is -2.11. The van der Waals surface area contributed by atoms with Crippen molar-refractivity contribution in [1.82, 2.24) is 14.8 Å². The van der Waals surface area contributed by atoms with E-state index in [0.717, 1.165) is 25.0 Å². The molecule has 6 nitrogen and oxygen atoms in total. The molecule has 2 bridgehead atoms. The first-order valence-corrected chi connectivity index (χ1v) is 10.4. The molecule has 0 aromatic carbocycles. The fourth-order valence-corrected chi connectivity index (χ4v) is 5.03. The number of carbonyl (C=O) groups is 2. The first-order valence-electron chi connectivity index (χ1n) is 10.4. The molecule has 1 aromatic rings. The van der Waals surface area contributed by atoms with Crippen LogP contribution in [-0.4, -0.2) is 40.4 Å². The standard InChI is InChI=1S/C21H29N3O3/c25-19(22-17-5-2-1-3-6-17)9-10-20(26)23-12-15-11-16(14-23)18-7-4-8-21(27)24(18)13-15/h4,7-8,15-17H,1-3,5-6,9-14H2,(H,22,25)/t15-,16+/m0/s1. The monoisotopic (exact) mass is 371 g/mol. The summed E-state index contributed by atoms with van der Waals surface area (Å²) < 4.78 is 1.87. The Morgan fingerprint density at radius 3 is 2.67 bits per heavy atom.